The van der Waals surface area contributed by atoms with Gasteiger partial charge < -0.3 is 8.83 Å². The van der Waals surface area contributed by atoms with Gasteiger partial charge in [0.2, 0.25) is 0 Å². The Morgan fingerprint density at radius 3 is 1.80 bits per heavy atom. The van der Waals surface area contributed by atoms with Crippen LogP contribution in [0, 0.1) is 0 Å². The molecule has 0 atom stereocenters. The average molecular weight is 511 g/mol. The third-order valence-corrected chi connectivity index (χ3v) is 8.29. The van der Waals surface area contributed by atoms with E-state index in [1.165, 1.54) is 38.1 Å². The number of rotatable bonds is 2. The molecule has 2 heterocycles. The molecule has 40 heavy (non-hydrogen) atoms. The van der Waals surface area contributed by atoms with Crippen LogP contribution in [0.15, 0.2) is 142 Å². The summed E-state index contributed by atoms with van der Waals surface area (Å²) in [7, 11) is 0. The number of benzene rings is 7. The van der Waals surface area contributed by atoms with Gasteiger partial charge in [-0.3, -0.25) is 0 Å². The lowest BCUT2D eigenvalue weighted by molar-refractivity contribution is 0.664. The molecule has 0 amide bonds. The highest BCUT2D eigenvalue weighted by Gasteiger charge is 2.15. The Balaban J connectivity index is 1.25. The molecule has 0 radical (unpaired) electrons. The van der Waals surface area contributed by atoms with Crippen LogP contribution in [0.25, 0.3) is 87.7 Å². The highest BCUT2D eigenvalue weighted by molar-refractivity contribution is 6.24. The van der Waals surface area contributed by atoms with Gasteiger partial charge in [-0.1, -0.05) is 115 Å². The average Bonchev–Trinajstić information content (AvgIpc) is 3.33. The number of fused-ring (bicyclic) bond motifs is 4. The van der Waals surface area contributed by atoms with E-state index in [1.807, 2.05) is 12.1 Å². The Morgan fingerprint density at radius 1 is 0.325 bits per heavy atom. The summed E-state index contributed by atoms with van der Waals surface area (Å²) >= 11 is 0. The van der Waals surface area contributed by atoms with Crippen LogP contribution in [-0.2, 0) is 0 Å². The molecule has 0 bridgehead atoms. The lowest BCUT2D eigenvalue weighted by atomic mass is 9.93. The first-order chi connectivity index (χ1) is 19.8. The van der Waals surface area contributed by atoms with Gasteiger partial charge in [0.05, 0.1) is 0 Å². The van der Waals surface area contributed by atoms with Crippen molar-refractivity contribution in [3.8, 4) is 22.3 Å². The first-order valence-corrected chi connectivity index (χ1v) is 13.6. The van der Waals surface area contributed by atoms with Crippen LogP contribution in [0.1, 0.15) is 0 Å². The summed E-state index contributed by atoms with van der Waals surface area (Å²) in [5.74, 6) is 0. The fourth-order valence-corrected chi connectivity index (χ4v) is 6.47. The van der Waals surface area contributed by atoms with Crippen molar-refractivity contribution in [2.45, 2.75) is 0 Å². The van der Waals surface area contributed by atoms with E-state index in [0.717, 1.165) is 49.6 Å². The molecule has 7 aromatic carbocycles. The maximum absolute atomic E-state index is 6.57. The van der Waals surface area contributed by atoms with Crippen LogP contribution in [0.4, 0.5) is 0 Å². The van der Waals surface area contributed by atoms with Crippen molar-refractivity contribution in [1.29, 1.82) is 0 Å². The minimum Gasteiger partial charge on any atom is -0.456 e. The zero-order valence-corrected chi connectivity index (χ0v) is 21.5. The summed E-state index contributed by atoms with van der Waals surface area (Å²) in [4.78, 5) is 0. The van der Waals surface area contributed by atoms with Crippen LogP contribution < -0.4 is 0 Å². The number of para-hydroxylation sites is 2. The van der Waals surface area contributed by atoms with Crippen molar-refractivity contribution >= 4 is 65.4 Å². The van der Waals surface area contributed by atoms with Crippen molar-refractivity contribution in [2.75, 3.05) is 0 Å². The van der Waals surface area contributed by atoms with Crippen molar-refractivity contribution < 1.29 is 8.83 Å². The van der Waals surface area contributed by atoms with Gasteiger partial charge >= 0.3 is 0 Å². The fourth-order valence-electron chi connectivity index (χ4n) is 6.47. The summed E-state index contributed by atoms with van der Waals surface area (Å²) in [5, 5.41) is 9.41. The predicted molar refractivity (Wildman–Crippen MR) is 167 cm³/mol. The van der Waals surface area contributed by atoms with Crippen LogP contribution in [-0.4, -0.2) is 0 Å². The molecule has 2 nitrogen and oxygen atoms in total. The molecule has 0 saturated heterocycles. The maximum Gasteiger partial charge on any atom is 0.143 e. The van der Waals surface area contributed by atoms with E-state index in [9.17, 15) is 0 Å². The minimum atomic E-state index is 0.895. The van der Waals surface area contributed by atoms with E-state index < -0.39 is 0 Å². The van der Waals surface area contributed by atoms with Crippen LogP contribution in [0.3, 0.4) is 0 Å². The smallest absolute Gasteiger partial charge is 0.143 e. The molecular formula is C38H22O2. The lowest BCUT2D eigenvalue weighted by Gasteiger charge is -2.10. The Labute approximate surface area is 229 Å². The quantitative estimate of drug-likeness (QED) is 0.231. The Morgan fingerprint density at radius 2 is 0.925 bits per heavy atom. The van der Waals surface area contributed by atoms with Crippen LogP contribution in [0.2, 0.25) is 0 Å². The molecule has 2 heteroatoms. The predicted octanol–water partition coefficient (Wildman–Crippen LogP) is 11.1. The Bertz CT molecular complexity index is 2410. The van der Waals surface area contributed by atoms with Crippen molar-refractivity contribution in [2.24, 2.45) is 0 Å². The zero-order valence-electron chi connectivity index (χ0n) is 21.5. The molecule has 0 aliphatic heterocycles. The third kappa shape index (κ3) is 2.99. The molecule has 0 spiro atoms. The number of furan rings is 1. The van der Waals surface area contributed by atoms with Gasteiger partial charge in [0.25, 0.3) is 0 Å². The first-order valence-electron chi connectivity index (χ1n) is 13.6. The molecule has 0 N–H and O–H groups in total. The molecule has 9 rings (SSSR count). The van der Waals surface area contributed by atoms with Gasteiger partial charge in [0.1, 0.15) is 22.3 Å². The largest absolute Gasteiger partial charge is 0.456 e. The number of hydrogen-bond donors (Lipinski definition) is 0. The normalized spacial score (nSPS) is 12.0. The van der Waals surface area contributed by atoms with Crippen molar-refractivity contribution in [1.82, 2.24) is 0 Å². The molecule has 186 valence electrons. The lowest BCUT2D eigenvalue weighted by Crippen LogP contribution is -1.85. The van der Waals surface area contributed by atoms with E-state index in [1.54, 1.807) is 0 Å². The SMILES string of the molecule is c1ccc2c(c1)oc1c(-c3ccc(-c4ccc5oc6cccc7cccc(c8cccc4c58)c76)cc3)cccc12. The second-order valence-corrected chi connectivity index (χ2v) is 10.5. The summed E-state index contributed by atoms with van der Waals surface area (Å²) in [6.07, 6.45) is 0. The Hall–Kier alpha value is -5.34. The van der Waals surface area contributed by atoms with Crippen molar-refractivity contribution in [3.05, 3.63) is 133 Å². The van der Waals surface area contributed by atoms with Gasteiger partial charge in [0, 0.05) is 27.1 Å². The van der Waals surface area contributed by atoms with Gasteiger partial charge in [-0.2, -0.15) is 0 Å². The van der Waals surface area contributed by atoms with Gasteiger partial charge in [-0.15, -0.1) is 0 Å². The topological polar surface area (TPSA) is 26.3 Å². The summed E-state index contributed by atoms with van der Waals surface area (Å²) in [6.45, 7) is 0. The number of hydrogen-bond acceptors (Lipinski definition) is 2. The second kappa shape index (κ2) is 8.08. The zero-order chi connectivity index (χ0) is 26.2. The third-order valence-electron chi connectivity index (χ3n) is 8.29. The van der Waals surface area contributed by atoms with E-state index in [-0.39, 0.29) is 0 Å². The molecule has 2 aromatic heterocycles. The van der Waals surface area contributed by atoms with Gasteiger partial charge in [-0.25, -0.2) is 0 Å². The Kier molecular flexibility index (Phi) is 4.36. The molecule has 9 aromatic rings. The van der Waals surface area contributed by atoms with Gasteiger partial charge in [-0.05, 0) is 56.4 Å². The monoisotopic (exact) mass is 510 g/mol. The van der Waals surface area contributed by atoms with Crippen LogP contribution in [0.5, 0.6) is 0 Å². The van der Waals surface area contributed by atoms with E-state index >= 15 is 0 Å². The summed E-state index contributed by atoms with van der Waals surface area (Å²) in [5.41, 5.74) is 8.25. The first kappa shape index (κ1) is 21.6. The van der Waals surface area contributed by atoms with Crippen LogP contribution >= 0.6 is 0 Å². The van der Waals surface area contributed by atoms with Crippen molar-refractivity contribution in [3.63, 3.8) is 0 Å². The fraction of sp³-hybridized carbons (Fsp3) is 0. The molecule has 0 unspecified atom stereocenters. The highest BCUT2D eigenvalue weighted by atomic mass is 16.3. The molecule has 0 aliphatic carbocycles. The van der Waals surface area contributed by atoms with E-state index in [4.69, 9.17) is 8.83 Å². The van der Waals surface area contributed by atoms with E-state index in [0.29, 0.717) is 0 Å². The molecular weight excluding hydrogens is 488 g/mol. The molecule has 0 aliphatic rings. The van der Waals surface area contributed by atoms with E-state index in [2.05, 4.69) is 121 Å². The standard InChI is InChI=1S/C38H22O2/c1-2-15-33-28(9-1)32-14-5-10-27(38(32)40-33)24-19-17-23(18-20-24)26-21-22-35-37-29(26)12-6-13-31(37)30-11-3-7-25-8-4-16-34(39-35)36(25)30/h1-22H. The summed E-state index contributed by atoms with van der Waals surface area (Å²) in [6, 6.07) is 47.1. The maximum atomic E-state index is 6.57. The highest BCUT2D eigenvalue weighted by Crippen LogP contribution is 2.41. The summed E-state index contributed by atoms with van der Waals surface area (Å²) < 4.78 is 12.9. The molecule has 0 saturated carbocycles. The minimum absolute atomic E-state index is 0.895. The van der Waals surface area contributed by atoms with Gasteiger partial charge in [0.15, 0.2) is 0 Å². The molecule has 0 fully saturated rings. The second-order valence-electron chi connectivity index (χ2n) is 10.5.